The zero-order valence-corrected chi connectivity index (χ0v) is 30.2. The summed E-state index contributed by atoms with van der Waals surface area (Å²) in [7, 11) is 0. The van der Waals surface area contributed by atoms with Crippen LogP contribution in [0.15, 0.2) is 0 Å². The largest absolute Gasteiger partial charge is 0.459 e. The van der Waals surface area contributed by atoms with Crippen LogP contribution in [0.4, 0.5) is 0 Å². The third-order valence-corrected chi connectivity index (χ3v) is 15.7. The fourth-order valence-corrected chi connectivity index (χ4v) is 13.6. The Morgan fingerprint density at radius 3 is 2.24 bits per heavy atom. The first-order chi connectivity index (χ1) is 22.6. The van der Waals surface area contributed by atoms with Crippen molar-refractivity contribution in [2.24, 2.45) is 44.8 Å². The highest BCUT2D eigenvalue weighted by molar-refractivity contribution is 5.66. The van der Waals surface area contributed by atoms with E-state index in [9.17, 15) is 40.5 Å². The molecule has 2 heterocycles. The Morgan fingerprint density at radius 1 is 0.939 bits per heavy atom. The van der Waals surface area contributed by atoms with Gasteiger partial charge in [-0.1, -0.05) is 20.8 Å². The molecule has 0 amide bonds. The molecule has 12 heteroatoms. The van der Waals surface area contributed by atoms with Crippen molar-refractivity contribution < 1.29 is 59.5 Å². The van der Waals surface area contributed by atoms with Crippen LogP contribution in [0.2, 0.25) is 0 Å². The lowest BCUT2D eigenvalue weighted by Gasteiger charge is -2.66. The normalized spacial score (nSPS) is 56.3. The van der Waals surface area contributed by atoms with Gasteiger partial charge in [-0.15, -0.1) is 0 Å². The molecule has 7 rings (SSSR count). The van der Waals surface area contributed by atoms with Gasteiger partial charge < -0.3 is 54.7 Å². The van der Waals surface area contributed by atoms with Gasteiger partial charge >= 0.3 is 5.97 Å². The number of aliphatic hydroxyl groups excluding tert-OH is 6. The summed E-state index contributed by atoms with van der Waals surface area (Å²) in [5.74, 6) is -1.18. The molecule has 49 heavy (non-hydrogen) atoms. The number of aliphatic hydroxyl groups is 7. The molecule has 2 saturated heterocycles. The molecule has 2 aliphatic heterocycles. The van der Waals surface area contributed by atoms with Crippen LogP contribution < -0.4 is 0 Å². The second-order valence-corrected chi connectivity index (χ2v) is 18.9. The molecule has 0 radical (unpaired) electrons. The van der Waals surface area contributed by atoms with Crippen molar-refractivity contribution in [3.63, 3.8) is 0 Å². The van der Waals surface area contributed by atoms with Gasteiger partial charge in [-0.3, -0.25) is 4.79 Å². The summed E-state index contributed by atoms with van der Waals surface area (Å²) in [6.07, 6.45) is -3.59. The van der Waals surface area contributed by atoms with E-state index in [1.165, 1.54) is 6.92 Å². The molecule has 0 bridgehead atoms. The highest BCUT2D eigenvalue weighted by Crippen LogP contribution is 2.90. The molecular formula is C37H60O12. The van der Waals surface area contributed by atoms with Gasteiger partial charge in [0.1, 0.15) is 24.4 Å². The molecule has 0 aromatic rings. The Kier molecular flexibility index (Phi) is 8.39. The van der Waals surface area contributed by atoms with Crippen molar-refractivity contribution in [1.29, 1.82) is 0 Å². The van der Waals surface area contributed by atoms with Crippen LogP contribution in [-0.4, -0.2) is 121 Å². The number of fused-ring (bicyclic) bond motifs is 2. The average molecular weight is 697 g/mol. The Bertz CT molecular complexity index is 1320. The van der Waals surface area contributed by atoms with E-state index in [0.29, 0.717) is 38.5 Å². The van der Waals surface area contributed by atoms with E-state index in [0.717, 1.165) is 12.8 Å². The molecule has 7 fully saturated rings. The molecule has 12 nitrogen and oxygen atoms in total. The fraction of sp³-hybridized carbons (Fsp3) is 0.973. The Balaban J connectivity index is 1.24. The van der Waals surface area contributed by atoms with E-state index in [4.69, 9.17) is 18.9 Å². The first-order valence-electron chi connectivity index (χ1n) is 18.5. The summed E-state index contributed by atoms with van der Waals surface area (Å²) in [6.45, 7) is 12.6. The van der Waals surface area contributed by atoms with Crippen molar-refractivity contribution in [2.75, 3.05) is 13.2 Å². The summed E-state index contributed by atoms with van der Waals surface area (Å²) in [5.41, 5.74) is -5.12. The molecule has 17 atom stereocenters. The maximum atomic E-state index is 12.7. The molecule has 0 aromatic carbocycles. The Labute approximate surface area is 289 Å². The minimum atomic E-state index is -1.36. The molecule has 5 aliphatic carbocycles. The van der Waals surface area contributed by atoms with E-state index in [-0.39, 0.29) is 40.8 Å². The van der Waals surface area contributed by atoms with Crippen molar-refractivity contribution in [1.82, 2.24) is 0 Å². The smallest absolute Gasteiger partial charge is 0.303 e. The summed E-state index contributed by atoms with van der Waals surface area (Å²) in [4.78, 5) is 12.7. The molecule has 5 saturated carbocycles. The van der Waals surface area contributed by atoms with Gasteiger partial charge in [0.15, 0.2) is 6.29 Å². The van der Waals surface area contributed by atoms with E-state index in [2.05, 4.69) is 13.8 Å². The molecule has 0 aromatic heterocycles. The van der Waals surface area contributed by atoms with Crippen molar-refractivity contribution in [3.8, 4) is 0 Å². The van der Waals surface area contributed by atoms with Gasteiger partial charge in [0.25, 0.3) is 0 Å². The van der Waals surface area contributed by atoms with Crippen molar-refractivity contribution >= 4 is 5.97 Å². The minimum absolute atomic E-state index is 0.104. The number of rotatable bonds is 6. The van der Waals surface area contributed by atoms with E-state index in [1.807, 2.05) is 13.8 Å². The molecule has 7 aliphatic rings. The topological polar surface area (TPSA) is 196 Å². The lowest BCUT2D eigenvalue weighted by molar-refractivity contribution is -0.293. The van der Waals surface area contributed by atoms with Crippen LogP contribution >= 0.6 is 0 Å². The summed E-state index contributed by atoms with van der Waals surface area (Å²) < 4.78 is 24.6. The third kappa shape index (κ3) is 4.74. The number of esters is 1. The van der Waals surface area contributed by atoms with Crippen LogP contribution in [0.5, 0.6) is 0 Å². The molecule has 280 valence electrons. The number of carbonyl (C=O) groups is 1. The zero-order valence-electron chi connectivity index (χ0n) is 30.2. The monoisotopic (exact) mass is 696 g/mol. The maximum absolute atomic E-state index is 12.7. The van der Waals surface area contributed by atoms with E-state index < -0.39 is 89.5 Å². The second-order valence-electron chi connectivity index (χ2n) is 18.9. The Morgan fingerprint density at radius 2 is 1.63 bits per heavy atom. The van der Waals surface area contributed by atoms with Crippen LogP contribution in [0, 0.1) is 44.8 Å². The zero-order chi connectivity index (χ0) is 35.9. The van der Waals surface area contributed by atoms with Crippen LogP contribution in [0.1, 0.15) is 99.8 Å². The molecule has 2 spiro atoms. The van der Waals surface area contributed by atoms with Gasteiger partial charge in [-0.05, 0) is 100 Å². The Hall–Kier alpha value is -0.930. The van der Waals surface area contributed by atoms with E-state index >= 15 is 0 Å². The third-order valence-electron chi connectivity index (χ3n) is 15.7. The SMILES string of the molecule is CC(=O)O[C@@H]1[C@@H](O)[C@]2(C)[C@H]3CC(C)(C)[C@@H]4C[C@H](O[C@H]5OC[C@H](O)[C@@H](O)[C@@H]5O)CC[C@]45C[C@]35C[C@H](O)[C@@]2(CO)[C@@H]1[C@@]1(C)CC[C@@H](C(C)(C)O)O1. The van der Waals surface area contributed by atoms with Crippen LogP contribution in [0.25, 0.3) is 0 Å². The first-order valence-corrected chi connectivity index (χ1v) is 18.5. The lowest BCUT2D eigenvalue weighted by atomic mass is 9.39. The first kappa shape index (κ1) is 36.4. The maximum Gasteiger partial charge on any atom is 0.303 e. The molecular weight excluding hydrogens is 636 g/mol. The predicted octanol–water partition coefficient (Wildman–Crippen LogP) is 1.41. The molecule has 0 unspecified atom stereocenters. The van der Waals surface area contributed by atoms with Gasteiger partial charge in [0.05, 0.1) is 48.8 Å². The average Bonchev–Trinajstić information content (AvgIpc) is 3.34. The van der Waals surface area contributed by atoms with Crippen LogP contribution in [0.3, 0.4) is 0 Å². The molecule has 7 N–H and O–H groups in total. The van der Waals surface area contributed by atoms with E-state index in [1.54, 1.807) is 13.8 Å². The quantitative estimate of drug-likeness (QED) is 0.156. The minimum Gasteiger partial charge on any atom is -0.459 e. The standard InChI is InChI=1S/C37H60O12/c1-18(39)47-27-28(33(6)10-9-24(49-33)32(4,5)45)37(17-38)23(41)14-36-16-35(36)11-8-19(48-30-26(43)25(42)20(40)15-46-30)12-21(35)31(2,3)13-22(36)34(37,7)29(27)44/h19-30,38,40-45H,8-17H2,1-7H3/t19-,20+,21+,22-,23+,24+,25-,26+,27+,28+,29-,30-,33-,34+,35+,36-,37+/m1/s1. The predicted molar refractivity (Wildman–Crippen MR) is 173 cm³/mol. The van der Waals surface area contributed by atoms with Gasteiger partial charge in [0, 0.05) is 23.7 Å². The van der Waals surface area contributed by atoms with Crippen molar-refractivity contribution in [3.05, 3.63) is 0 Å². The van der Waals surface area contributed by atoms with Crippen LogP contribution in [-0.2, 0) is 23.7 Å². The number of carbonyl (C=O) groups excluding carboxylic acids is 1. The highest BCUT2D eigenvalue weighted by Gasteiger charge is 2.88. The number of ether oxygens (including phenoxy) is 4. The van der Waals surface area contributed by atoms with Gasteiger partial charge in [-0.2, -0.15) is 0 Å². The number of hydrogen-bond acceptors (Lipinski definition) is 12. The van der Waals surface area contributed by atoms with Gasteiger partial charge in [-0.25, -0.2) is 0 Å². The lowest BCUT2D eigenvalue weighted by Crippen LogP contribution is -2.68. The summed E-state index contributed by atoms with van der Waals surface area (Å²) in [5, 5.41) is 78.4. The van der Waals surface area contributed by atoms with Crippen molar-refractivity contribution in [2.45, 2.75) is 166 Å². The second kappa shape index (κ2) is 11.3. The summed E-state index contributed by atoms with van der Waals surface area (Å²) >= 11 is 0. The fourth-order valence-electron chi connectivity index (χ4n) is 13.6. The summed E-state index contributed by atoms with van der Waals surface area (Å²) in [6, 6.07) is 0. The number of hydrogen-bond donors (Lipinski definition) is 7. The highest BCUT2D eigenvalue weighted by atomic mass is 16.7. The van der Waals surface area contributed by atoms with Gasteiger partial charge in [0.2, 0.25) is 0 Å².